The van der Waals surface area contributed by atoms with Crippen molar-refractivity contribution in [3.63, 3.8) is 0 Å². The lowest BCUT2D eigenvalue weighted by atomic mass is 9.71. The number of hydrogen-bond acceptors (Lipinski definition) is 4. The van der Waals surface area contributed by atoms with Gasteiger partial charge in [0.25, 0.3) is 0 Å². The Hall–Kier alpha value is -0.140. The van der Waals surface area contributed by atoms with Crippen LogP contribution in [0.2, 0.25) is 0 Å². The van der Waals surface area contributed by atoms with Crippen LogP contribution < -0.4 is 0 Å². The summed E-state index contributed by atoms with van der Waals surface area (Å²) in [6, 6.07) is 0. The highest BCUT2D eigenvalue weighted by Crippen LogP contribution is 2.53. The number of sulfone groups is 1. The summed E-state index contributed by atoms with van der Waals surface area (Å²) in [5.41, 5.74) is -0.877. The third-order valence-corrected chi connectivity index (χ3v) is 9.99. The Labute approximate surface area is 128 Å². The molecule has 0 spiro atoms. The van der Waals surface area contributed by atoms with Crippen molar-refractivity contribution in [2.24, 2.45) is 22.7 Å². The van der Waals surface area contributed by atoms with E-state index < -0.39 is 30.7 Å². The summed E-state index contributed by atoms with van der Waals surface area (Å²) in [6.45, 7) is 6.72. The Balaban J connectivity index is 1.76. The summed E-state index contributed by atoms with van der Waals surface area (Å²) in [7, 11) is -6.30. The Morgan fingerprint density at radius 1 is 1.10 bits per heavy atom. The van der Waals surface area contributed by atoms with E-state index in [2.05, 4.69) is 6.92 Å². The van der Waals surface area contributed by atoms with Gasteiger partial charge in [0.15, 0.2) is 9.84 Å². The maximum absolute atomic E-state index is 12.6. The van der Waals surface area contributed by atoms with Gasteiger partial charge in [-0.1, -0.05) is 20.8 Å². The van der Waals surface area contributed by atoms with Gasteiger partial charge in [-0.05, 0) is 24.7 Å². The Morgan fingerprint density at radius 2 is 1.57 bits per heavy atom. The minimum atomic E-state index is -3.26. The summed E-state index contributed by atoms with van der Waals surface area (Å²) < 4.78 is 50.6. The van der Waals surface area contributed by atoms with Crippen molar-refractivity contribution in [1.82, 2.24) is 4.31 Å². The van der Waals surface area contributed by atoms with E-state index in [0.717, 1.165) is 12.8 Å². The third kappa shape index (κ3) is 2.55. The molecule has 3 fully saturated rings. The molecular weight excluding hydrogens is 310 g/mol. The van der Waals surface area contributed by atoms with Gasteiger partial charge in [-0.15, -0.1) is 0 Å². The molecule has 2 saturated heterocycles. The fourth-order valence-electron chi connectivity index (χ4n) is 4.48. The van der Waals surface area contributed by atoms with Crippen molar-refractivity contribution in [3.8, 4) is 0 Å². The first-order valence-electron chi connectivity index (χ1n) is 7.63. The largest absolute Gasteiger partial charge is 0.229 e. The summed E-state index contributed by atoms with van der Waals surface area (Å²) in [6.07, 6.45) is 1.99. The quantitative estimate of drug-likeness (QED) is 0.775. The van der Waals surface area contributed by atoms with Crippen LogP contribution in [-0.2, 0) is 19.9 Å². The predicted octanol–water partition coefficient (Wildman–Crippen LogP) is 1.12. The standard InChI is InChI=1S/C14H25NO4S2/c1-11-4-12(5-11)6-21(18,19)15-7-13(2)9-20(16,17)10-14(13,3)8-15/h11-12H,4-10H2,1-3H3/t11?,12?,13-,14+. The van der Waals surface area contributed by atoms with Gasteiger partial charge in [0.05, 0.1) is 17.3 Å². The molecule has 7 heteroatoms. The molecular formula is C14H25NO4S2. The normalized spacial score (nSPS) is 46.2. The van der Waals surface area contributed by atoms with Crippen molar-refractivity contribution in [2.75, 3.05) is 30.3 Å². The van der Waals surface area contributed by atoms with Crippen molar-refractivity contribution >= 4 is 19.9 Å². The summed E-state index contributed by atoms with van der Waals surface area (Å²) in [5.74, 6) is 1.39. The lowest BCUT2D eigenvalue weighted by Gasteiger charge is -2.33. The molecule has 0 unspecified atom stereocenters. The second kappa shape index (κ2) is 4.45. The van der Waals surface area contributed by atoms with E-state index in [1.165, 1.54) is 0 Å². The van der Waals surface area contributed by atoms with E-state index in [1.807, 2.05) is 13.8 Å². The van der Waals surface area contributed by atoms with Crippen molar-refractivity contribution < 1.29 is 16.8 Å². The molecule has 0 aromatic rings. The minimum absolute atomic E-state index is 0.114. The van der Waals surface area contributed by atoms with Gasteiger partial charge in [-0.3, -0.25) is 0 Å². The molecule has 0 aromatic heterocycles. The summed E-state index contributed by atoms with van der Waals surface area (Å²) >= 11 is 0. The molecule has 3 rings (SSSR count). The third-order valence-electron chi connectivity index (χ3n) is 5.90. The minimum Gasteiger partial charge on any atom is -0.229 e. The van der Waals surface area contributed by atoms with Gasteiger partial charge in [-0.25, -0.2) is 21.1 Å². The van der Waals surface area contributed by atoms with E-state index >= 15 is 0 Å². The van der Waals surface area contributed by atoms with Gasteiger partial charge < -0.3 is 0 Å². The smallest absolute Gasteiger partial charge is 0.214 e. The van der Waals surface area contributed by atoms with Crippen molar-refractivity contribution in [2.45, 2.75) is 33.6 Å². The maximum Gasteiger partial charge on any atom is 0.214 e. The van der Waals surface area contributed by atoms with Gasteiger partial charge in [-0.2, -0.15) is 0 Å². The van der Waals surface area contributed by atoms with Gasteiger partial charge >= 0.3 is 0 Å². The van der Waals surface area contributed by atoms with E-state index in [4.69, 9.17) is 0 Å². The van der Waals surface area contributed by atoms with Crippen LogP contribution >= 0.6 is 0 Å². The molecule has 21 heavy (non-hydrogen) atoms. The second-order valence-electron chi connectivity index (χ2n) is 8.14. The van der Waals surface area contributed by atoms with Gasteiger partial charge in [0, 0.05) is 23.9 Å². The Bertz CT molecular complexity index is 624. The number of sulfonamides is 1. The second-order valence-corrected chi connectivity index (χ2v) is 12.2. The molecule has 1 aliphatic carbocycles. The highest BCUT2D eigenvalue weighted by Gasteiger charge is 2.62. The van der Waals surface area contributed by atoms with Crippen molar-refractivity contribution in [3.05, 3.63) is 0 Å². The number of hydrogen-bond donors (Lipinski definition) is 0. The van der Waals surface area contributed by atoms with Gasteiger partial charge in [0.1, 0.15) is 0 Å². The first kappa shape index (κ1) is 15.7. The fourth-order valence-corrected chi connectivity index (χ4v) is 9.45. The SMILES string of the molecule is CC1CC(CS(=O)(=O)N2C[C@@]3(C)CS(=O)(=O)C[C@@]3(C)C2)C1. The molecule has 0 radical (unpaired) electrons. The lowest BCUT2D eigenvalue weighted by molar-refractivity contribution is 0.212. The van der Waals surface area contributed by atoms with E-state index in [0.29, 0.717) is 19.0 Å². The average Bonchev–Trinajstić information content (AvgIpc) is 2.55. The molecule has 5 nitrogen and oxygen atoms in total. The summed E-state index contributed by atoms with van der Waals surface area (Å²) in [5, 5.41) is 0. The fraction of sp³-hybridized carbons (Fsp3) is 1.00. The van der Waals surface area contributed by atoms with Gasteiger partial charge in [0.2, 0.25) is 10.0 Å². The number of rotatable bonds is 3. The van der Waals surface area contributed by atoms with Crippen LogP contribution in [0.25, 0.3) is 0 Å². The molecule has 1 saturated carbocycles. The van der Waals surface area contributed by atoms with E-state index in [1.54, 1.807) is 4.31 Å². The molecule has 0 bridgehead atoms. The van der Waals surface area contributed by atoms with Crippen LogP contribution in [0.5, 0.6) is 0 Å². The van der Waals surface area contributed by atoms with Crippen LogP contribution in [-0.4, -0.2) is 51.5 Å². The molecule has 0 amide bonds. The zero-order valence-corrected chi connectivity index (χ0v) is 14.6. The average molecular weight is 335 g/mol. The zero-order chi connectivity index (χ0) is 15.7. The lowest BCUT2D eigenvalue weighted by Crippen LogP contribution is -2.39. The predicted molar refractivity (Wildman–Crippen MR) is 82.1 cm³/mol. The molecule has 2 aliphatic heterocycles. The highest BCUT2D eigenvalue weighted by atomic mass is 32.2. The molecule has 122 valence electrons. The molecule has 3 aliphatic rings. The monoisotopic (exact) mass is 335 g/mol. The first-order valence-corrected chi connectivity index (χ1v) is 11.1. The van der Waals surface area contributed by atoms with E-state index in [9.17, 15) is 16.8 Å². The zero-order valence-electron chi connectivity index (χ0n) is 13.0. The van der Waals surface area contributed by atoms with Crippen LogP contribution in [0.1, 0.15) is 33.6 Å². The number of fused-ring (bicyclic) bond motifs is 1. The van der Waals surface area contributed by atoms with Crippen LogP contribution in [0.3, 0.4) is 0 Å². The number of nitrogens with zero attached hydrogens (tertiary/aromatic N) is 1. The first-order chi connectivity index (χ1) is 9.45. The van der Waals surface area contributed by atoms with Crippen LogP contribution in [0, 0.1) is 22.7 Å². The maximum atomic E-state index is 12.6. The van der Waals surface area contributed by atoms with Crippen molar-refractivity contribution in [1.29, 1.82) is 0 Å². The van der Waals surface area contributed by atoms with E-state index in [-0.39, 0.29) is 23.2 Å². The Morgan fingerprint density at radius 3 is 2.00 bits per heavy atom. The van der Waals surface area contributed by atoms with Crippen LogP contribution in [0.15, 0.2) is 0 Å². The molecule has 0 N–H and O–H groups in total. The topological polar surface area (TPSA) is 71.5 Å². The molecule has 0 aromatic carbocycles. The molecule has 2 atom stereocenters. The summed E-state index contributed by atoms with van der Waals surface area (Å²) in [4.78, 5) is 0. The van der Waals surface area contributed by atoms with Crippen LogP contribution in [0.4, 0.5) is 0 Å². The molecule has 2 heterocycles. The Kier molecular flexibility index (Phi) is 3.33. The highest BCUT2D eigenvalue weighted by molar-refractivity contribution is 7.91.